The molecule has 0 unspecified atom stereocenters. The number of nitrogens with zero attached hydrogens (tertiary/aromatic N) is 2. The fourth-order valence-corrected chi connectivity index (χ4v) is 1.36. The molecule has 0 bridgehead atoms. The van der Waals surface area contributed by atoms with Crippen molar-refractivity contribution in [2.24, 2.45) is 0 Å². The van der Waals surface area contributed by atoms with Gasteiger partial charge in [0.2, 0.25) is 0 Å². The maximum Gasteiger partial charge on any atom is 0.259 e. The van der Waals surface area contributed by atoms with E-state index in [0.717, 1.165) is 9.37 Å². The van der Waals surface area contributed by atoms with Crippen LogP contribution in [0.4, 0.5) is 5.82 Å². The van der Waals surface area contributed by atoms with Gasteiger partial charge in [0.05, 0.1) is 0 Å². The summed E-state index contributed by atoms with van der Waals surface area (Å²) in [5, 5.41) is 0. The van der Waals surface area contributed by atoms with Crippen LogP contribution in [-0.2, 0) is 9.59 Å². The molecule has 1 aromatic rings. The van der Waals surface area contributed by atoms with Gasteiger partial charge in [0.1, 0.15) is 5.82 Å². The highest BCUT2D eigenvalue weighted by atomic mass is 79.9. The Morgan fingerprint density at radius 1 is 1.14 bits per heavy atom. The first-order valence-corrected chi connectivity index (χ1v) is 4.65. The van der Waals surface area contributed by atoms with E-state index >= 15 is 0 Å². The maximum atomic E-state index is 11.2. The second-order valence-corrected chi connectivity index (χ2v) is 3.60. The molecule has 2 heterocycles. The normalized spacial score (nSPS) is 15.4. The van der Waals surface area contributed by atoms with E-state index in [1.54, 1.807) is 12.1 Å². The Balaban J connectivity index is 2.36. The van der Waals surface area contributed by atoms with E-state index in [9.17, 15) is 9.59 Å². The third-order valence-corrected chi connectivity index (χ3v) is 2.22. The zero-order valence-corrected chi connectivity index (χ0v) is 8.56. The quantitative estimate of drug-likeness (QED) is 0.708. The lowest BCUT2D eigenvalue weighted by atomic mass is 10.4. The molecule has 5 heteroatoms. The number of pyridine rings is 1. The minimum Gasteiger partial charge on any atom is -0.269 e. The van der Waals surface area contributed by atoms with Crippen molar-refractivity contribution in [3.05, 3.63) is 35.0 Å². The van der Waals surface area contributed by atoms with Crippen molar-refractivity contribution in [1.29, 1.82) is 0 Å². The summed E-state index contributed by atoms with van der Waals surface area (Å²) in [6.45, 7) is 0. The number of hydrogen-bond acceptors (Lipinski definition) is 3. The molecule has 2 amide bonds. The number of anilines is 1. The van der Waals surface area contributed by atoms with Crippen LogP contribution in [-0.4, -0.2) is 16.8 Å². The summed E-state index contributed by atoms with van der Waals surface area (Å²) in [5.41, 5.74) is 0. The van der Waals surface area contributed by atoms with Gasteiger partial charge in [-0.1, -0.05) is 0 Å². The number of aromatic nitrogens is 1. The molecule has 0 radical (unpaired) electrons. The molecule has 0 spiro atoms. The molecule has 0 N–H and O–H groups in total. The van der Waals surface area contributed by atoms with Crippen LogP contribution in [0.2, 0.25) is 0 Å². The molecule has 0 aliphatic carbocycles. The topological polar surface area (TPSA) is 50.3 Å². The van der Waals surface area contributed by atoms with Crippen LogP contribution in [0.15, 0.2) is 35.0 Å². The smallest absolute Gasteiger partial charge is 0.259 e. The second kappa shape index (κ2) is 3.34. The Labute approximate surface area is 88.4 Å². The first kappa shape index (κ1) is 9.08. The monoisotopic (exact) mass is 252 g/mol. The summed E-state index contributed by atoms with van der Waals surface area (Å²) >= 11 is 3.22. The fourth-order valence-electron chi connectivity index (χ4n) is 1.13. The first-order chi connectivity index (χ1) is 6.68. The van der Waals surface area contributed by atoms with Gasteiger partial charge in [-0.25, -0.2) is 9.88 Å². The molecular formula is C9H5BrN2O2. The molecule has 4 nitrogen and oxygen atoms in total. The molecule has 0 atom stereocenters. The van der Waals surface area contributed by atoms with Gasteiger partial charge in [0, 0.05) is 22.8 Å². The highest BCUT2D eigenvalue weighted by molar-refractivity contribution is 9.10. The average molecular weight is 253 g/mol. The summed E-state index contributed by atoms with van der Waals surface area (Å²) in [6.07, 6.45) is 3.99. The standard InChI is InChI=1S/C9H5BrN2O2/c10-6-1-2-7(11-5-6)12-8(13)3-4-9(12)14/h1-5H. The molecule has 2 rings (SSSR count). The Bertz CT molecular complexity index is 407. The molecule has 0 saturated carbocycles. The molecule has 0 aromatic carbocycles. The van der Waals surface area contributed by atoms with Crippen molar-refractivity contribution in [1.82, 2.24) is 4.98 Å². The maximum absolute atomic E-state index is 11.2. The van der Waals surface area contributed by atoms with Gasteiger partial charge >= 0.3 is 0 Å². The van der Waals surface area contributed by atoms with E-state index in [-0.39, 0.29) is 11.8 Å². The zero-order valence-electron chi connectivity index (χ0n) is 6.98. The first-order valence-electron chi connectivity index (χ1n) is 3.86. The van der Waals surface area contributed by atoms with Gasteiger partial charge in [-0.3, -0.25) is 9.59 Å². The number of halogens is 1. The van der Waals surface area contributed by atoms with Crippen molar-refractivity contribution >= 4 is 33.6 Å². The zero-order chi connectivity index (χ0) is 10.1. The van der Waals surface area contributed by atoms with Gasteiger partial charge in [-0.2, -0.15) is 0 Å². The van der Waals surface area contributed by atoms with Crippen LogP contribution in [0.25, 0.3) is 0 Å². The summed E-state index contributed by atoms with van der Waals surface area (Å²) in [7, 11) is 0. The summed E-state index contributed by atoms with van der Waals surface area (Å²) in [6, 6.07) is 3.33. The number of rotatable bonds is 1. The number of carbonyl (C=O) groups excluding carboxylic acids is 2. The van der Waals surface area contributed by atoms with E-state index in [1.165, 1.54) is 18.3 Å². The van der Waals surface area contributed by atoms with Crippen LogP contribution in [0.3, 0.4) is 0 Å². The van der Waals surface area contributed by atoms with Gasteiger partial charge in [0.15, 0.2) is 0 Å². The SMILES string of the molecule is O=C1C=CC(=O)N1c1ccc(Br)cn1. The van der Waals surface area contributed by atoms with E-state index in [1.807, 2.05) is 0 Å². The minimum atomic E-state index is -0.357. The van der Waals surface area contributed by atoms with Crippen LogP contribution < -0.4 is 4.90 Å². The fraction of sp³-hybridized carbons (Fsp3) is 0. The highest BCUT2D eigenvalue weighted by Crippen LogP contribution is 2.17. The lowest BCUT2D eigenvalue weighted by Gasteiger charge is -2.11. The van der Waals surface area contributed by atoms with Crippen LogP contribution in [0.5, 0.6) is 0 Å². The Kier molecular flexibility index (Phi) is 2.17. The van der Waals surface area contributed by atoms with Crippen molar-refractivity contribution < 1.29 is 9.59 Å². The lowest BCUT2D eigenvalue weighted by Crippen LogP contribution is -2.30. The molecule has 1 aliphatic rings. The molecule has 1 aromatic heterocycles. The molecule has 0 saturated heterocycles. The van der Waals surface area contributed by atoms with Crippen molar-refractivity contribution in [2.75, 3.05) is 4.90 Å². The minimum absolute atomic E-state index is 0.341. The Morgan fingerprint density at radius 3 is 2.29 bits per heavy atom. The lowest BCUT2D eigenvalue weighted by molar-refractivity contribution is -0.120. The van der Waals surface area contributed by atoms with Crippen LogP contribution >= 0.6 is 15.9 Å². The van der Waals surface area contributed by atoms with Crippen LogP contribution in [0, 0.1) is 0 Å². The number of amides is 2. The molecular weight excluding hydrogens is 248 g/mol. The molecule has 1 aliphatic heterocycles. The summed E-state index contributed by atoms with van der Waals surface area (Å²) in [4.78, 5) is 27.5. The third-order valence-electron chi connectivity index (χ3n) is 1.75. The molecule has 70 valence electrons. The van der Waals surface area contributed by atoms with Gasteiger partial charge in [-0.15, -0.1) is 0 Å². The van der Waals surface area contributed by atoms with Gasteiger partial charge in [0.25, 0.3) is 11.8 Å². The summed E-state index contributed by atoms with van der Waals surface area (Å²) in [5.74, 6) is -0.372. The van der Waals surface area contributed by atoms with Gasteiger partial charge in [-0.05, 0) is 28.1 Å². The largest absolute Gasteiger partial charge is 0.269 e. The van der Waals surface area contributed by atoms with Crippen LogP contribution in [0.1, 0.15) is 0 Å². The van der Waals surface area contributed by atoms with E-state index in [2.05, 4.69) is 20.9 Å². The van der Waals surface area contributed by atoms with Crippen molar-refractivity contribution in [2.45, 2.75) is 0 Å². The summed E-state index contributed by atoms with van der Waals surface area (Å²) < 4.78 is 0.799. The van der Waals surface area contributed by atoms with E-state index < -0.39 is 0 Å². The predicted octanol–water partition coefficient (Wildman–Crippen LogP) is 1.27. The van der Waals surface area contributed by atoms with E-state index in [0.29, 0.717) is 5.82 Å². The average Bonchev–Trinajstić information content (AvgIpc) is 2.49. The number of imide groups is 1. The van der Waals surface area contributed by atoms with Crippen molar-refractivity contribution in [3.8, 4) is 0 Å². The van der Waals surface area contributed by atoms with Gasteiger partial charge < -0.3 is 0 Å². The molecule has 0 fully saturated rings. The molecule has 14 heavy (non-hydrogen) atoms. The van der Waals surface area contributed by atoms with E-state index in [4.69, 9.17) is 0 Å². The number of hydrogen-bond donors (Lipinski definition) is 0. The number of carbonyl (C=O) groups is 2. The predicted molar refractivity (Wildman–Crippen MR) is 53.6 cm³/mol. The Hall–Kier alpha value is -1.49. The second-order valence-electron chi connectivity index (χ2n) is 2.68. The Morgan fingerprint density at radius 2 is 1.79 bits per heavy atom. The highest BCUT2D eigenvalue weighted by Gasteiger charge is 2.25. The van der Waals surface area contributed by atoms with Crippen molar-refractivity contribution in [3.63, 3.8) is 0 Å². The third kappa shape index (κ3) is 1.46.